The van der Waals surface area contributed by atoms with Crippen LogP contribution in [-0.2, 0) is 10.1 Å². The summed E-state index contributed by atoms with van der Waals surface area (Å²) in [6, 6.07) is 20.3. The summed E-state index contributed by atoms with van der Waals surface area (Å²) in [6.07, 6.45) is 0. The van der Waals surface area contributed by atoms with Crippen LogP contribution in [0.15, 0.2) is 87.9 Å². The van der Waals surface area contributed by atoms with Gasteiger partial charge in [-0.15, -0.1) is 10.2 Å². The second kappa shape index (κ2) is 7.98. The van der Waals surface area contributed by atoms with Crippen LogP contribution in [0.2, 0.25) is 0 Å². The van der Waals surface area contributed by atoms with Gasteiger partial charge in [0, 0.05) is 16.2 Å². The number of hydrogen-bond acceptors (Lipinski definition) is 5. The molecule has 0 amide bonds. The Hall–Kier alpha value is -2.29. The van der Waals surface area contributed by atoms with Gasteiger partial charge in [0.2, 0.25) is 0 Å². The molecule has 28 heavy (non-hydrogen) atoms. The first-order valence-electron chi connectivity index (χ1n) is 8.07. The van der Waals surface area contributed by atoms with Crippen molar-refractivity contribution in [2.75, 3.05) is 0 Å². The van der Waals surface area contributed by atoms with Crippen molar-refractivity contribution in [3.8, 4) is 5.75 Å². The van der Waals surface area contributed by atoms with E-state index >= 15 is 0 Å². The van der Waals surface area contributed by atoms with E-state index in [9.17, 15) is 18.1 Å². The van der Waals surface area contributed by atoms with E-state index in [1.807, 2.05) is 24.3 Å². The Morgan fingerprint density at radius 2 is 1.39 bits per heavy atom. The molecule has 0 spiro atoms. The fourth-order valence-corrected chi connectivity index (χ4v) is 3.74. The summed E-state index contributed by atoms with van der Waals surface area (Å²) in [5.41, 5.74) is 0.751. The topological polar surface area (TPSA) is 99.3 Å². The summed E-state index contributed by atoms with van der Waals surface area (Å²) in [4.78, 5) is -0.190. The molecule has 4 rings (SSSR count). The molecular formula is C20H14N2NaO4S+. The molecule has 0 fully saturated rings. The Balaban J connectivity index is 0.00000225. The van der Waals surface area contributed by atoms with E-state index in [1.165, 1.54) is 12.1 Å². The number of hydrogen-bond donors (Lipinski definition) is 2. The smallest absolute Gasteiger partial charge is 0.506 e. The van der Waals surface area contributed by atoms with Gasteiger partial charge in [-0.25, -0.2) is 0 Å². The van der Waals surface area contributed by atoms with Gasteiger partial charge in [0.05, 0.1) is 5.69 Å². The Morgan fingerprint density at radius 3 is 2.18 bits per heavy atom. The maximum absolute atomic E-state index is 11.6. The summed E-state index contributed by atoms with van der Waals surface area (Å²) >= 11 is 0. The number of benzene rings is 4. The molecule has 0 aromatic heterocycles. The average molecular weight is 401 g/mol. The Bertz CT molecular complexity index is 1320. The molecule has 4 aromatic carbocycles. The minimum atomic E-state index is -4.36. The number of azo groups is 1. The molecule has 0 aliphatic carbocycles. The molecule has 8 heteroatoms. The van der Waals surface area contributed by atoms with Crippen LogP contribution in [-0.4, -0.2) is 18.1 Å². The monoisotopic (exact) mass is 401 g/mol. The Kier molecular flexibility index (Phi) is 5.83. The summed E-state index contributed by atoms with van der Waals surface area (Å²) in [6.45, 7) is 0. The zero-order valence-corrected chi connectivity index (χ0v) is 17.8. The first-order chi connectivity index (χ1) is 12.9. The van der Waals surface area contributed by atoms with Crippen molar-refractivity contribution in [1.29, 1.82) is 0 Å². The molecule has 2 N–H and O–H groups in total. The molecule has 0 saturated heterocycles. The number of phenolic OH excluding ortho intramolecular Hbond substituents is 1. The molecule has 0 radical (unpaired) electrons. The molecule has 134 valence electrons. The minimum absolute atomic E-state index is 0. The van der Waals surface area contributed by atoms with Gasteiger partial charge in [0.25, 0.3) is 10.1 Å². The zero-order chi connectivity index (χ0) is 19.0. The van der Waals surface area contributed by atoms with Gasteiger partial charge in [-0.05, 0) is 23.6 Å². The van der Waals surface area contributed by atoms with Crippen molar-refractivity contribution < 1.29 is 47.6 Å². The molecule has 0 aliphatic heterocycles. The fourth-order valence-electron chi connectivity index (χ4n) is 3.03. The fraction of sp³-hybridized carbons (Fsp3) is 0. The molecule has 0 bridgehead atoms. The number of phenols is 1. The summed E-state index contributed by atoms with van der Waals surface area (Å²) < 4.78 is 32.6. The molecular weight excluding hydrogens is 387 g/mol. The predicted molar refractivity (Wildman–Crippen MR) is 104 cm³/mol. The van der Waals surface area contributed by atoms with Crippen LogP contribution >= 0.6 is 0 Å². The zero-order valence-electron chi connectivity index (χ0n) is 14.9. The number of nitrogens with zero attached hydrogens (tertiary/aromatic N) is 2. The first-order valence-corrected chi connectivity index (χ1v) is 9.51. The summed E-state index contributed by atoms with van der Waals surface area (Å²) in [5, 5.41) is 21.2. The SMILES string of the molecule is O=S(=O)(O)c1cccc2c(N=Nc3c(O)ccc4ccccc34)cccc12.[Na+]. The van der Waals surface area contributed by atoms with Crippen molar-refractivity contribution in [3.05, 3.63) is 72.8 Å². The van der Waals surface area contributed by atoms with Crippen LogP contribution in [0.4, 0.5) is 11.4 Å². The third-order valence-electron chi connectivity index (χ3n) is 4.27. The Morgan fingerprint density at radius 1 is 0.714 bits per heavy atom. The van der Waals surface area contributed by atoms with Crippen molar-refractivity contribution in [2.45, 2.75) is 4.90 Å². The predicted octanol–water partition coefficient (Wildman–Crippen LogP) is 2.36. The number of rotatable bonds is 3. The van der Waals surface area contributed by atoms with Crippen LogP contribution in [0.3, 0.4) is 0 Å². The van der Waals surface area contributed by atoms with Gasteiger partial charge in [-0.1, -0.05) is 54.6 Å². The third-order valence-corrected chi connectivity index (χ3v) is 5.19. The van der Waals surface area contributed by atoms with Gasteiger partial charge in [0.15, 0.2) is 0 Å². The maximum Gasteiger partial charge on any atom is 1.00 e. The second-order valence-corrected chi connectivity index (χ2v) is 7.35. The van der Waals surface area contributed by atoms with Crippen molar-refractivity contribution in [1.82, 2.24) is 0 Å². The van der Waals surface area contributed by atoms with Crippen LogP contribution in [0.5, 0.6) is 5.75 Å². The van der Waals surface area contributed by atoms with E-state index in [2.05, 4.69) is 10.2 Å². The third kappa shape index (κ3) is 3.80. The average Bonchev–Trinajstić information content (AvgIpc) is 2.66. The molecule has 0 atom stereocenters. The van der Waals surface area contributed by atoms with E-state index in [0.29, 0.717) is 22.1 Å². The van der Waals surface area contributed by atoms with Gasteiger partial charge >= 0.3 is 29.6 Å². The van der Waals surface area contributed by atoms with Gasteiger partial charge in [-0.2, -0.15) is 8.42 Å². The van der Waals surface area contributed by atoms with E-state index in [-0.39, 0.29) is 40.2 Å². The molecule has 4 aromatic rings. The first kappa shape index (κ1) is 20.4. The van der Waals surface area contributed by atoms with E-state index in [0.717, 1.165) is 10.8 Å². The quantitative estimate of drug-likeness (QED) is 0.313. The maximum atomic E-state index is 11.6. The largest absolute Gasteiger partial charge is 1.00 e. The van der Waals surface area contributed by atoms with Gasteiger partial charge in [-0.3, -0.25) is 4.55 Å². The van der Waals surface area contributed by atoms with Gasteiger partial charge < -0.3 is 5.11 Å². The molecule has 0 saturated carbocycles. The molecule has 0 unspecified atom stereocenters. The van der Waals surface area contributed by atoms with Crippen molar-refractivity contribution in [3.63, 3.8) is 0 Å². The van der Waals surface area contributed by atoms with Crippen LogP contribution in [0, 0.1) is 0 Å². The van der Waals surface area contributed by atoms with E-state index < -0.39 is 10.1 Å². The normalized spacial score (nSPS) is 11.8. The number of fused-ring (bicyclic) bond motifs is 2. The van der Waals surface area contributed by atoms with E-state index in [4.69, 9.17) is 0 Å². The number of aromatic hydroxyl groups is 1. The van der Waals surface area contributed by atoms with Crippen LogP contribution in [0.1, 0.15) is 0 Å². The Labute approximate surface area is 183 Å². The van der Waals surface area contributed by atoms with Crippen LogP contribution < -0.4 is 29.6 Å². The standard InChI is InChI=1S/C20H14N2O4S.Na/c23-18-12-11-13-5-1-2-6-14(13)20(18)22-21-17-9-3-8-16-15(17)7-4-10-19(16)27(24,25)26;/h1-12,23H,(H,24,25,26);/q;+1. The van der Waals surface area contributed by atoms with E-state index in [1.54, 1.807) is 36.4 Å². The summed E-state index contributed by atoms with van der Waals surface area (Å²) in [7, 11) is -4.36. The minimum Gasteiger partial charge on any atom is -0.506 e. The second-order valence-electron chi connectivity index (χ2n) is 5.96. The summed E-state index contributed by atoms with van der Waals surface area (Å²) in [5.74, 6) is -0.00342. The van der Waals surface area contributed by atoms with Crippen molar-refractivity contribution in [2.24, 2.45) is 10.2 Å². The van der Waals surface area contributed by atoms with Crippen molar-refractivity contribution >= 4 is 43.0 Å². The van der Waals surface area contributed by atoms with Gasteiger partial charge in [0.1, 0.15) is 16.3 Å². The molecule has 0 aliphatic rings. The molecule has 0 heterocycles. The molecule has 6 nitrogen and oxygen atoms in total. The van der Waals surface area contributed by atoms with Crippen LogP contribution in [0.25, 0.3) is 21.5 Å².